The van der Waals surface area contributed by atoms with Gasteiger partial charge in [-0.3, -0.25) is 9.69 Å². The fourth-order valence-corrected chi connectivity index (χ4v) is 5.05. The maximum atomic E-state index is 12.9. The van der Waals surface area contributed by atoms with Crippen LogP contribution in [0.5, 0.6) is 0 Å². The fraction of sp³-hybridized carbons (Fsp3) is 0.696. The van der Waals surface area contributed by atoms with Gasteiger partial charge >= 0.3 is 0 Å². The van der Waals surface area contributed by atoms with Crippen LogP contribution in [0.15, 0.2) is 18.2 Å². The minimum absolute atomic E-state index is 0.0361. The monoisotopic (exact) mass is 385 g/mol. The van der Waals surface area contributed by atoms with Gasteiger partial charge in [0.1, 0.15) is 0 Å². The summed E-state index contributed by atoms with van der Waals surface area (Å²) in [6.07, 6.45) is 8.88. The molecule has 2 fully saturated rings. The summed E-state index contributed by atoms with van der Waals surface area (Å²) in [5.41, 5.74) is 10.5. The first-order chi connectivity index (χ1) is 13.7. The zero-order chi connectivity index (χ0) is 19.3. The lowest BCUT2D eigenvalue weighted by atomic mass is 9.90. The summed E-state index contributed by atoms with van der Waals surface area (Å²) in [5, 5.41) is 3.21. The van der Waals surface area contributed by atoms with Gasteiger partial charge in [0, 0.05) is 44.9 Å². The zero-order valence-electron chi connectivity index (χ0n) is 17.0. The highest BCUT2D eigenvalue weighted by Crippen LogP contribution is 2.24. The molecular formula is C23H35N3O2. The number of likely N-dealkylation sites (tertiary alicyclic amines) is 1. The predicted octanol–water partition coefficient (Wildman–Crippen LogP) is 2.40. The van der Waals surface area contributed by atoms with Crippen LogP contribution in [0.4, 0.5) is 0 Å². The molecule has 0 spiro atoms. The number of hydrogen-bond acceptors (Lipinski definition) is 4. The number of carbonyl (C=O) groups excluding carboxylic acids is 1. The number of rotatable bonds is 4. The molecule has 1 amide bonds. The van der Waals surface area contributed by atoms with E-state index in [9.17, 15) is 4.79 Å². The van der Waals surface area contributed by atoms with E-state index in [4.69, 9.17) is 10.5 Å². The molecule has 3 aliphatic rings. The molecule has 0 aromatic heterocycles. The maximum absolute atomic E-state index is 12.9. The van der Waals surface area contributed by atoms with Gasteiger partial charge < -0.3 is 15.8 Å². The number of nitrogens with one attached hydrogen (secondary N) is 1. The van der Waals surface area contributed by atoms with Crippen LogP contribution in [0.2, 0.25) is 0 Å². The van der Waals surface area contributed by atoms with Crippen LogP contribution in [-0.2, 0) is 28.9 Å². The van der Waals surface area contributed by atoms with Gasteiger partial charge in [0.15, 0.2) is 0 Å². The van der Waals surface area contributed by atoms with Crippen molar-refractivity contribution in [3.8, 4) is 0 Å². The third kappa shape index (κ3) is 4.94. The van der Waals surface area contributed by atoms with E-state index in [2.05, 4.69) is 28.4 Å². The second-order valence-corrected chi connectivity index (χ2v) is 8.86. The molecule has 5 nitrogen and oxygen atoms in total. The number of fused-ring (bicyclic) bond motifs is 1. The number of nitrogens with zero attached hydrogens (tertiary/aromatic N) is 1. The molecule has 0 radical (unpaired) electrons. The topological polar surface area (TPSA) is 67.6 Å². The Morgan fingerprint density at radius 3 is 2.68 bits per heavy atom. The molecule has 154 valence electrons. The minimum atomic E-state index is 0.0361. The molecule has 5 heteroatoms. The van der Waals surface area contributed by atoms with Crippen molar-refractivity contribution in [2.75, 3.05) is 26.3 Å². The smallest absolute Gasteiger partial charge is 0.224 e. The predicted molar refractivity (Wildman–Crippen MR) is 111 cm³/mol. The van der Waals surface area contributed by atoms with Gasteiger partial charge in [0.05, 0.1) is 5.92 Å². The van der Waals surface area contributed by atoms with E-state index >= 15 is 0 Å². The first-order valence-corrected chi connectivity index (χ1v) is 11.1. The summed E-state index contributed by atoms with van der Waals surface area (Å²) in [4.78, 5) is 15.4. The highest BCUT2D eigenvalue weighted by Gasteiger charge is 2.31. The van der Waals surface area contributed by atoms with Gasteiger partial charge in [-0.25, -0.2) is 0 Å². The Balaban J connectivity index is 1.35. The number of carbonyl (C=O) groups is 1. The van der Waals surface area contributed by atoms with Gasteiger partial charge in [-0.2, -0.15) is 0 Å². The minimum Gasteiger partial charge on any atom is -0.381 e. The first kappa shape index (κ1) is 19.9. The van der Waals surface area contributed by atoms with Crippen molar-refractivity contribution >= 4 is 5.91 Å². The number of amides is 1. The second kappa shape index (κ2) is 9.38. The Labute approximate surface area is 169 Å². The molecule has 2 saturated heterocycles. The molecule has 2 aliphatic heterocycles. The Morgan fingerprint density at radius 2 is 1.86 bits per heavy atom. The van der Waals surface area contributed by atoms with Crippen LogP contribution in [0.25, 0.3) is 0 Å². The summed E-state index contributed by atoms with van der Waals surface area (Å²) in [5.74, 6) is 0.220. The highest BCUT2D eigenvalue weighted by atomic mass is 16.5. The van der Waals surface area contributed by atoms with Crippen molar-refractivity contribution in [3.63, 3.8) is 0 Å². The molecule has 1 aromatic carbocycles. The molecule has 0 unspecified atom stereocenters. The molecule has 28 heavy (non-hydrogen) atoms. The Morgan fingerprint density at radius 1 is 1.07 bits per heavy atom. The maximum Gasteiger partial charge on any atom is 0.224 e. The van der Waals surface area contributed by atoms with Crippen molar-refractivity contribution in [3.05, 3.63) is 34.9 Å². The molecule has 3 N–H and O–H groups in total. The second-order valence-electron chi connectivity index (χ2n) is 8.86. The third-order valence-electron chi connectivity index (χ3n) is 6.77. The number of aryl methyl sites for hydroxylation is 2. The number of nitrogens with two attached hydrogens (primary N) is 1. The molecule has 1 aliphatic carbocycles. The molecule has 2 heterocycles. The summed E-state index contributed by atoms with van der Waals surface area (Å²) in [6.45, 7) is 4.01. The van der Waals surface area contributed by atoms with Gasteiger partial charge in [-0.15, -0.1) is 0 Å². The van der Waals surface area contributed by atoms with Gasteiger partial charge in [0.2, 0.25) is 5.91 Å². The van der Waals surface area contributed by atoms with Crippen LogP contribution < -0.4 is 11.1 Å². The van der Waals surface area contributed by atoms with E-state index in [-0.39, 0.29) is 17.9 Å². The summed E-state index contributed by atoms with van der Waals surface area (Å²) < 4.78 is 5.51. The van der Waals surface area contributed by atoms with Crippen molar-refractivity contribution in [2.45, 2.75) is 70.0 Å². The average molecular weight is 386 g/mol. The zero-order valence-corrected chi connectivity index (χ0v) is 17.0. The standard InChI is InChI=1S/C23H35N3O2/c24-21-8-7-20(15-26(16-21)22-9-11-28-12-10-22)23(27)25-14-17-5-6-18-3-1-2-4-19(18)13-17/h5-6,13,20-22H,1-4,7-12,14-16,24H2,(H,25,27)/t20-,21+/m1/s1. The van der Waals surface area contributed by atoms with Crippen LogP contribution in [-0.4, -0.2) is 49.2 Å². The highest BCUT2D eigenvalue weighted by molar-refractivity contribution is 5.78. The van der Waals surface area contributed by atoms with E-state index < -0.39 is 0 Å². The molecule has 2 atom stereocenters. The molecule has 0 bridgehead atoms. The van der Waals surface area contributed by atoms with Gasteiger partial charge in [-0.1, -0.05) is 18.2 Å². The summed E-state index contributed by atoms with van der Waals surface area (Å²) in [6, 6.07) is 7.41. The van der Waals surface area contributed by atoms with Crippen molar-refractivity contribution in [2.24, 2.45) is 11.7 Å². The number of hydrogen-bond donors (Lipinski definition) is 2. The summed E-state index contributed by atoms with van der Waals surface area (Å²) >= 11 is 0. The quantitative estimate of drug-likeness (QED) is 0.835. The largest absolute Gasteiger partial charge is 0.381 e. The van der Waals surface area contributed by atoms with Gasteiger partial charge in [-0.05, 0) is 68.1 Å². The Kier molecular flexibility index (Phi) is 6.65. The SMILES string of the molecule is N[C@H]1CC[C@@H](C(=O)NCc2ccc3c(c2)CCCC3)CN(C2CCOCC2)C1. The van der Waals surface area contributed by atoms with E-state index in [1.165, 1.54) is 42.4 Å². The lowest BCUT2D eigenvalue weighted by molar-refractivity contribution is -0.126. The number of ether oxygens (including phenoxy) is 1. The van der Waals surface area contributed by atoms with E-state index in [0.717, 1.165) is 52.0 Å². The van der Waals surface area contributed by atoms with Gasteiger partial charge in [0.25, 0.3) is 0 Å². The van der Waals surface area contributed by atoms with Crippen molar-refractivity contribution < 1.29 is 9.53 Å². The van der Waals surface area contributed by atoms with Crippen molar-refractivity contribution in [1.82, 2.24) is 10.2 Å². The molecular weight excluding hydrogens is 350 g/mol. The Hall–Kier alpha value is -1.43. The molecule has 0 saturated carbocycles. The van der Waals surface area contributed by atoms with Crippen molar-refractivity contribution in [1.29, 1.82) is 0 Å². The third-order valence-corrected chi connectivity index (χ3v) is 6.77. The lowest BCUT2D eigenvalue weighted by Gasteiger charge is -2.35. The average Bonchev–Trinajstić information content (AvgIpc) is 2.94. The molecule has 1 aromatic rings. The normalized spacial score (nSPS) is 27.0. The van der Waals surface area contributed by atoms with Crippen LogP contribution in [0.3, 0.4) is 0 Å². The van der Waals surface area contributed by atoms with E-state index in [0.29, 0.717) is 12.6 Å². The van der Waals surface area contributed by atoms with Crippen LogP contribution in [0, 0.1) is 5.92 Å². The lowest BCUT2D eigenvalue weighted by Crippen LogP contribution is -2.47. The number of benzene rings is 1. The Bertz CT molecular complexity index is 672. The molecule has 4 rings (SSSR count). The summed E-state index contributed by atoms with van der Waals surface area (Å²) in [7, 11) is 0. The van der Waals surface area contributed by atoms with E-state index in [1.807, 2.05) is 0 Å². The van der Waals surface area contributed by atoms with E-state index in [1.54, 1.807) is 0 Å². The first-order valence-electron chi connectivity index (χ1n) is 11.1. The fourth-order valence-electron chi connectivity index (χ4n) is 5.05. The van der Waals surface area contributed by atoms with Crippen LogP contribution >= 0.6 is 0 Å². The van der Waals surface area contributed by atoms with Crippen LogP contribution in [0.1, 0.15) is 55.2 Å².